The summed E-state index contributed by atoms with van der Waals surface area (Å²) in [6, 6.07) is 14.2. The molecule has 0 saturated heterocycles. The van der Waals surface area contributed by atoms with Gasteiger partial charge in [-0.3, -0.25) is 9.36 Å². The minimum absolute atomic E-state index is 0.126. The number of nitrogens with zero attached hydrogens (tertiary/aromatic N) is 3. The molecule has 0 fully saturated rings. The van der Waals surface area contributed by atoms with Crippen LogP contribution in [0.25, 0.3) is 5.69 Å². The highest BCUT2D eigenvalue weighted by Gasteiger charge is 2.20. The largest absolute Gasteiger partial charge is 0.325 e. The Hall–Kier alpha value is -2.62. The van der Waals surface area contributed by atoms with Crippen LogP contribution in [0.3, 0.4) is 0 Å². The second-order valence-electron chi connectivity index (χ2n) is 6.93. The van der Waals surface area contributed by atoms with Gasteiger partial charge in [-0.15, -0.1) is 0 Å². The molecule has 9 heteroatoms. The Bertz CT molecular complexity index is 1160. The molecule has 2 aromatic carbocycles. The van der Waals surface area contributed by atoms with E-state index in [1.807, 2.05) is 42.0 Å². The lowest BCUT2D eigenvalue weighted by atomic mass is 10.2. The van der Waals surface area contributed by atoms with Gasteiger partial charge in [0.2, 0.25) is 15.9 Å². The number of hydrogen-bond donors (Lipinski definition) is 1. The Kier molecular flexibility index (Phi) is 6.64. The molecule has 30 heavy (non-hydrogen) atoms. The maximum Gasteiger partial charge on any atom is 0.242 e. The quantitative estimate of drug-likeness (QED) is 0.564. The molecule has 1 N–H and O–H groups in total. The first-order valence-corrected chi connectivity index (χ1v) is 11.6. The number of para-hydroxylation sites is 1. The van der Waals surface area contributed by atoms with Crippen LogP contribution in [-0.2, 0) is 14.8 Å². The highest BCUT2D eigenvalue weighted by molar-refractivity contribution is 8.00. The summed E-state index contributed by atoms with van der Waals surface area (Å²) in [5.41, 5.74) is 2.54. The molecule has 1 aromatic heterocycles. The van der Waals surface area contributed by atoms with Gasteiger partial charge in [0.05, 0.1) is 15.8 Å². The van der Waals surface area contributed by atoms with E-state index >= 15 is 0 Å². The fourth-order valence-corrected chi connectivity index (χ4v) is 4.62. The van der Waals surface area contributed by atoms with Gasteiger partial charge in [0.15, 0.2) is 5.16 Å². The van der Waals surface area contributed by atoms with Crippen LogP contribution in [0.1, 0.15) is 12.5 Å². The van der Waals surface area contributed by atoms with Gasteiger partial charge < -0.3 is 5.32 Å². The zero-order valence-electron chi connectivity index (χ0n) is 17.2. The van der Waals surface area contributed by atoms with Crippen LogP contribution in [0.4, 0.5) is 5.69 Å². The van der Waals surface area contributed by atoms with Crippen molar-refractivity contribution in [1.29, 1.82) is 0 Å². The van der Waals surface area contributed by atoms with Crippen LogP contribution in [0.5, 0.6) is 0 Å². The molecule has 3 rings (SSSR count). The maximum atomic E-state index is 12.7. The molecule has 0 saturated carbocycles. The molecular weight excluding hydrogens is 420 g/mol. The van der Waals surface area contributed by atoms with Gasteiger partial charge in [-0.05, 0) is 43.7 Å². The number of amides is 1. The zero-order chi connectivity index (χ0) is 21.9. The number of aryl methyl sites for hydroxylation is 1. The molecule has 0 bridgehead atoms. The maximum absolute atomic E-state index is 12.7. The van der Waals surface area contributed by atoms with Gasteiger partial charge in [0.25, 0.3) is 0 Å². The van der Waals surface area contributed by atoms with Crippen molar-refractivity contribution in [1.82, 2.24) is 13.9 Å². The molecule has 1 amide bonds. The molecule has 7 nitrogen and oxygen atoms in total. The molecular formula is C21H24N4O3S2. The summed E-state index contributed by atoms with van der Waals surface area (Å²) in [5.74, 6) is -0.237. The van der Waals surface area contributed by atoms with Crippen LogP contribution < -0.4 is 5.32 Å². The highest BCUT2D eigenvalue weighted by atomic mass is 32.2. The number of benzene rings is 2. The normalized spacial score (nSPS) is 12.7. The average molecular weight is 445 g/mol. The zero-order valence-corrected chi connectivity index (χ0v) is 18.9. The van der Waals surface area contributed by atoms with Crippen molar-refractivity contribution in [3.8, 4) is 5.69 Å². The number of rotatable bonds is 7. The van der Waals surface area contributed by atoms with Gasteiger partial charge >= 0.3 is 0 Å². The Morgan fingerprint density at radius 3 is 2.60 bits per heavy atom. The lowest BCUT2D eigenvalue weighted by Gasteiger charge is -2.15. The van der Waals surface area contributed by atoms with Gasteiger partial charge in [-0.25, -0.2) is 17.7 Å². The van der Waals surface area contributed by atoms with Crippen LogP contribution in [0, 0.1) is 6.92 Å². The Labute approximate surface area is 181 Å². The summed E-state index contributed by atoms with van der Waals surface area (Å²) in [4.78, 5) is 17.2. The molecule has 0 radical (unpaired) electrons. The van der Waals surface area contributed by atoms with Crippen molar-refractivity contribution < 1.29 is 13.2 Å². The van der Waals surface area contributed by atoms with Crippen molar-refractivity contribution >= 4 is 33.4 Å². The molecule has 0 spiro atoms. The third kappa shape index (κ3) is 4.75. The second-order valence-corrected chi connectivity index (χ2v) is 10.4. The smallest absolute Gasteiger partial charge is 0.242 e. The van der Waals surface area contributed by atoms with Crippen molar-refractivity contribution in [2.45, 2.75) is 29.1 Å². The van der Waals surface area contributed by atoms with Gasteiger partial charge in [-0.2, -0.15) is 0 Å². The van der Waals surface area contributed by atoms with Crippen molar-refractivity contribution in [2.75, 3.05) is 19.4 Å². The fourth-order valence-electron chi connectivity index (χ4n) is 2.79. The first-order chi connectivity index (χ1) is 14.2. The van der Waals surface area contributed by atoms with Gasteiger partial charge in [-0.1, -0.05) is 36.0 Å². The number of thioether (sulfide) groups is 1. The summed E-state index contributed by atoms with van der Waals surface area (Å²) in [7, 11) is -0.637. The Balaban J connectivity index is 1.75. The molecule has 3 aromatic rings. The molecule has 158 valence electrons. The Morgan fingerprint density at radius 1 is 1.17 bits per heavy atom. The van der Waals surface area contributed by atoms with Crippen molar-refractivity contribution in [2.24, 2.45) is 0 Å². The molecule has 0 aliphatic rings. The SMILES string of the molecule is Cc1ccccc1-n1ccnc1SC(C)C(=O)Nc1cccc(S(=O)(=O)N(C)C)c1. The van der Waals surface area contributed by atoms with Crippen LogP contribution in [-0.4, -0.2) is 47.5 Å². The molecule has 1 atom stereocenters. The number of carbonyl (C=O) groups excluding carboxylic acids is 1. The van der Waals surface area contributed by atoms with E-state index in [4.69, 9.17) is 0 Å². The summed E-state index contributed by atoms with van der Waals surface area (Å²) in [6.07, 6.45) is 3.57. The first kappa shape index (κ1) is 22.1. The minimum Gasteiger partial charge on any atom is -0.325 e. The topological polar surface area (TPSA) is 84.3 Å². The number of nitrogens with one attached hydrogen (secondary N) is 1. The minimum atomic E-state index is -3.57. The van der Waals surface area contributed by atoms with E-state index in [1.165, 1.54) is 38.0 Å². The standard InChI is InChI=1S/C21H24N4O3S2/c1-15-8-5-6-11-19(15)25-13-12-22-21(25)29-16(2)20(26)23-17-9-7-10-18(14-17)30(27,28)24(3)4/h5-14,16H,1-4H3,(H,23,26). The second kappa shape index (κ2) is 9.03. The predicted octanol–water partition coefficient (Wildman–Crippen LogP) is 3.55. The van der Waals surface area contributed by atoms with E-state index in [-0.39, 0.29) is 10.8 Å². The number of carbonyl (C=O) groups is 1. The lowest BCUT2D eigenvalue weighted by molar-refractivity contribution is -0.115. The van der Waals surface area contributed by atoms with Crippen molar-refractivity contribution in [3.05, 3.63) is 66.5 Å². The first-order valence-electron chi connectivity index (χ1n) is 9.29. The lowest BCUT2D eigenvalue weighted by Crippen LogP contribution is -2.24. The summed E-state index contributed by atoms with van der Waals surface area (Å²) >= 11 is 1.34. The van der Waals surface area contributed by atoms with Crippen molar-refractivity contribution in [3.63, 3.8) is 0 Å². The monoisotopic (exact) mass is 444 g/mol. The Morgan fingerprint density at radius 2 is 1.90 bits per heavy atom. The third-order valence-corrected chi connectivity index (χ3v) is 7.40. The molecule has 0 aliphatic heterocycles. The summed E-state index contributed by atoms with van der Waals surface area (Å²) in [5, 5.41) is 3.06. The van der Waals surface area contributed by atoms with Crippen LogP contribution in [0.15, 0.2) is 71.0 Å². The number of hydrogen-bond acceptors (Lipinski definition) is 5. The average Bonchev–Trinajstić information content (AvgIpc) is 3.16. The van der Waals surface area contributed by atoms with E-state index in [1.54, 1.807) is 25.3 Å². The van der Waals surface area contributed by atoms with Crippen LogP contribution in [0.2, 0.25) is 0 Å². The number of aromatic nitrogens is 2. The predicted molar refractivity (Wildman–Crippen MR) is 120 cm³/mol. The molecule has 1 unspecified atom stereocenters. The van der Waals surface area contributed by atoms with E-state index in [0.717, 1.165) is 15.6 Å². The van der Waals surface area contributed by atoms with E-state index in [0.29, 0.717) is 10.8 Å². The summed E-state index contributed by atoms with van der Waals surface area (Å²) in [6.45, 7) is 3.81. The van der Waals surface area contributed by atoms with E-state index < -0.39 is 15.3 Å². The van der Waals surface area contributed by atoms with Crippen LogP contribution >= 0.6 is 11.8 Å². The highest BCUT2D eigenvalue weighted by Crippen LogP contribution is 2.27. The number of sulfonamides is 1. The van der Waals surface area contributed by atoms with Gasteiger partial charge in [0.1, 0.15) is 0 Å². The fraction of sp³-hybridized carbons (Fsp3) is 0.238. The number of imidazole rings is 1. The molecule has 0 aliphatic carbocycles. The summed E-state index contributed by atoms with van der Waals surface area (Å²) < 4.78 is 27.7. The number of anilines is 1. The van der Waals surface area contributed by atoms with E-state index in [9.17, 15) is 13.2 Å². The van der Waals surface area contributed by atoms with Gasteiger partial charge in [0, 0.05) is 32.2 Å². The molecule has 1 heterocycles. The van der Waals surface area contributed by atoms with E-state index in [2.05, 4.69) is 10.3 Å². The third-order valence-electron chi connectivity index (χ3n) is 4.51.